The maximum Gasteiger partial charge on any atom is 0.185 e. The van der Waals surface area contributed by atoms with Gasteiger partial charge in [0.2, 0.25) is 0 Å². The monoisotopic (exact) mass is 268 g/mol. The molecule has 2 N–H and O–H groups in total. The lowest BCUT2D eigenvalue weighted by Gasteiger charge is -2.18. The van der Waals surface area contributed by atoms with Gasteiger partial charge in [-0.05, 0) is 24.0 Å². The van der Waals surface area contributed by atoms with Gasteiger partial charge in [0.1, 0.15) is 6.10 Å². The third kappa shape index (κ3) is 4.80. The SMILES string of the molecule is CCc1cccc(C(O)C(O)CCSC(C)=O)c1. The molecule has 0 fully saturated rings. The van der Waals surface area contributed by atoms with Crippen LogP contribution in [0.25, 0.3) is 0 Å². The highest BCUT2D eigenvalue weighted by Gasteiger charge is 2.18. The van der Waals surface area contributed by atoms with E-state index in [2.05, 4.69) is 0 Å². The third-order valence-electron chi connectivity index (χ3n) is 2.78. The van der Waals surface area contributed by atoms with Crippen LogP contribution in [0.15, 0.2) is 24.3 Å². The van der Waals surface area contributed by atoms with Crippen molar-refractivity contribution in [2.45, 2.75) is 38.9 Å². The number of benzene rings is 1. The fourth-order valence-corrected chi connectivity index (χ4v) is 2.35. The Kier molecular flexibility index (Phi) is 6.39. The summed E-state index contributed by atoms with van der Waals surface area (Å²) in [7, 11) is 0. The third-order valence-corrected chi connectivity index (χ3v) is 3.63. The Hall–Kier alpha value is -0.840. The number of aryl methyl sites for hydroxylation is 1. The fraction of sp³-hybridized carbons (Fsp3) is 0.500. The molecule has 4 heteroatoms. The van der Waals surface area contributed by atoms with E-state index in [1.165, 1.54) is 18.7 Å². The van der Waals surface area contributed by atoms with E-state index in [0.29, 0.717) is 12.2 Å². The summed E-state index contributed by atoms with van der Waals surface area (Å²) < 4.78 is 0. The highest BCUT2D eigenvalue weighted by atomic mass is 32.2. The highest BCUT2D eigenvalue weighted by molar-refractivity contribution is 8.13. The first-order chi connectivity index (χ1) is 8.54. The Morgan fingerprint density at radius 2 is 2.11 bits per heavy atom. The molecule has 1 rings (SSSR count). The Morgan fingerprint density at radius 1 is 1.39 bits per heavy atom. The second-order valence-corrected chi connectivity index (χ2v) is 5.51. The molecule has 1 aromatic rings. The van der Waals surface area contributed by atoms with E-state index < -0.39 is 12.2 Å². The molecule has 18 heavy (non-hydrogen) atoms. The largest absolute Gasteiger partial charge is 0.390 e. The average Bonchev–Trinajstić information content (AvgIpc) is 2.37. The molecule has 0 amide bonds. The van der Waals surface area contributed by atoms with E-state index in [-0.39, 0.29) is 5.12 Å². The zero-order chi connectivity index (χ0) is 13.5. The molecule has 0 saturated carbocycles. The molecule has 0 aliphatic carbocycles. The standard InChI is InChI=1S/C14H20O3S/c1-3-11-5-4-6-12(9-11)14(17)13(16)7-8-18-10(2)15/h4-6,9,13-14,16-17H,3,7-8H2,1-2H3. The number of carbonyl (C=O) groups excluding carboxylic acids is 1. The first kappa shape index (κ1) is 15.2. The number of hydrogen-bond acceptors (Lipinski definition) is 4. The minimum atomic E-state index is -0.885. The maximum absolute atomic E-state index is 10.8. The van der Waals surface area contributed by atoms with Crippen molar-refractivity contribution < 1.29 is 15.0 Å². The van der Waals surface area contributed by atoms with Crippen LogP contribution in [0.4, 0.5) is 0 Å². The lowest BCUT2D eigenvalue weighted by atomic mass is 10.00. The summed E-state index contributed by atoms with van der Waals surface area (Å²) in [5.74, 6) is 0.529. The summed E-state index contributed by atoms with van der Waals surface area (Å²) in [6, 6.07) is 7.60. The molecule has 0 bridgehead atoms. The molecule has 0 aliphatic heterocycles. The van der Waals surface area contributed by atoms with Gasteiger partial charge in [-0.15, -0.1) is 0 Å². The molecule has 0 aliphatic rings. The Morgan fingerprint density at radius 3 is 2.72 bits per heavy atom. The molecule has 0 spiro atoms. The molecule has 0 heterocycles. The number of aliphatic hydroxyl groups excluding tert-OH is 2. The van der Waals surface area contributed by atoms with Crippen LogP contribution in [0.3, 0.4) is 0 Å². The molecular weight excluding hydrogens is 248 g/mol. The normalized spacial score (nSPS) is 14.2. The van der Waals surface area contributed by atoms with Gasteiger partial charge in [-0.1, -0.05) is 43.0 Å². The van der Waals surface area contributed by atoms with Crippen LogP contribution in [0.5, 0.6) is 0 Å². The van der Waals surface area contributed by atoms with Crippen molar-refractivity contribution in [2.24, 2.45) is 0 Å². The van der Waals surface area contributed by atoms with Crippen LogP contribution in [0, 0.1) is 0 Å². The van der Waals surface area contributed by atoms with Gasteiger partial charge < -0.3 is 10.2 Å². The Labute approximate surface area is 112 Å². The van der Waals surface area contributed by atoms with E-state index in [9.17, 15) is 15.0 Å². The van der Waals surface area contributed by atoms with E-state index in [1.54, 1.807) is 0 Å². The molecule has 3 nitrogen and oxygen atoms in total. The number of aliphatic hydroxyl groups is 2. The predicted molar refractivity (Wildman–Crippen MR) is 74.5 cm³/mol. The summed E-state index contributed by atoms with van der Waals surface area (Å²) in [4.78, 5) is 10.8. The fourth-order valence-electron chi connectivity index (χ4n) is 1.70. The average molecular weight is 268 g/mol. The molecule has 1 aromatic carbocycles. The maximum atomic E-state index is 10.8. The highest BCUT2D eigenvalue weighted by Crippen LogP contribution is 2.21. The molecular formula is C14H20O3S. The van der Waals surface area contributed by atoms with Crippen LogP contribution < -0.4 is 0 Å². The zero-order valence-corrected chi connectivity index (χ0v) is 11.6. The van der Waals surface area contributed by atoms with Gasteiger partial charge in [-0.25, -0.2) is 0 Å². The van der Waals surface area contributed by atoms with Gasteiger partial charge in [0, 0.05) is 12.7 Å². The van der Waals surface area contributed by atoms with Crippen LogP contribution in [-0.2, 0) is 11.2 Å². The topological polar surface area (TPSA) is 57.5 Å². The number of rotatable bonds is 6. The quantitative estimate of drug-likeness (QED) is 0.831. The Balaban J connectivity index is 2.56. The van der Waals surface area contributed by atoms with Crippen LogP contribution >= 0.6 is 11.8 Å². The van der Waals surface area contributed by atoms with Crippen LogP contribution in [-0.4, -0.2) is 27.2 Å². The Bertz CT molecular complexity index is 392. The van der Waals surface area contributed by atoms with E-state index in [1.807, 2.05) is 31.2 Å². The molecule has 2 unspecified atom stereocenters. The van der Waals surface area contributed by atoms with Crippen molar-refractivity contribution in [3.63, 3.8) is 0 Å². The molecule has 100 valence electrons. The lowest BCUT2D eigenvalue weighted by molar-refractivity contribution is -0.109. The number of hydrogen-bond donors (Lipinski definition) is 2. The van der Waals surface area contributed by atoms with E-state index >= 15 is 0 Å². The lowest BCUT2D eigenvalue weighted by Crippen LogP contribution is -2.19. The van der Waals surface area contributed by atoms with Gasteiger partial charge in [-0.3, -0.25) is 4.79 Å². The van der Waals surface area contributed by atoms with Crippen molar-refractivity contribution in [3.05, 3.63) is 35.4 Å². The first-order valence-electron chi connectivity index (χ1n) is 6.13. The smallest absolute Gasteiger partial charge is 0.185 e. The molecule has 2 atom stereocenters. The summed E-state index contributed by atoms with van der Waals surface area (Å²) in [5, 5.41) is 19.9. The minimum Gasteiger partial charge on any atom is -0.390 e. The van der Waals surface area contributed by atoms with Crippen molar-refractivity contribution in [3.8, 4) is 0 Å². The van der Waals surface area contributed by atoms with E-state index in [4.69, 9.17) is 0 Å². The first-order valence-corrected chi connectivity index (χ1v) is 7.11. The second kappa shape index (κ2) is 7.56. The van der Waals surface area contributed by atoms with Gasteiger partial charge in [0.25, 0.3) is 0 Å². The van der Waals surface area contributed by atoms with Crippen molar-refractivity contribution >= 4 is 16.9 Å². The summed E-state index contributed by atoms with van der Waals surface area (Å²) >= 11 is 1.17. The van der Waals surface area contributed by atoms with Crippen molar-refractivity contribution in [2.75, 3.05) is 5.75 Å². The van der Waals surface area contributed by atoms with E-state index in [0.717, 1.165) is 17.5 Å². The minimum absolute atomic E-state index is 0.0321. The second-order valence-electron chi connectivity index (χ2n) is 4.24. The summed E-state index contributed by atoms with van der Waals surface area (Å²) in [5.41, 5.74) is 1.87. The summed E-state index contributed by atoms with van der Waals surface area (Å²) in [6.45, 7) is 3.55. The molecule has 0 radical (unpaired) electrons. The van der Waals surface area contributed by atoms with Gasteiger partial charge >= 0.3 is 0 Å². The van der Waals surface area contributed by atoms with Crippen molar-refractivity contribution in [1.82, 2.24) is 0 Å². The molecule has 0 aromatic heterocycles. The predicted octanol–water partition coefficient (Wildman–Crippen LogP) is 2.31. The van der Waals surface area contributed by atoms with Crippen LogP contribution in [0.1, 0.15) is 37.5 Å². The van der Waals surface area contributed by atoms with Crippen molar-refractivity contribution in [1.29, 1.82) is 0 Å². The molecule has 0 saturated heterocycles. The number of carbonyl (C=O) groups is 1. The van der Waals surface area contributed by atoms with Gasteiger partial charge in [-0.2, -0.15) is 0 Å². The summed E-state index contributed by atoms with van der Waals surface area (Å²) in [6.07, 6.45) is -0.411. The van der Waals surface area contributed by atoms with Crippen LogP contribution in [0.2, 0.25) is 0 Å². The zero-order valence-electron chi connectivity index (χ0n) is 10.8. The number of thioether (sulfide) groups is 1. The van der Waals surface area contributed by atoms with Gasteiger partial charge in [0.15, 0.2) is 5.12 Å². The van der Waals surface area contributed by atoms with Gasteiger partial charge in [0.05, 0.1) is 6.10 Å².